The lowest BCUT2D eigenvalue weighted by atomic mass is 10.1. The number of nitrogens with zero attached hydrogens (tertiary/aromatic N) is 4. The number of anilines is 3. The van der Waals surface area contributed by atoms with E-state index in [1.165, 1.54) is 29.5 Å². The summed E-state index contributed by atoms with van der Waals surface area (Å²) in [5, 5.41) is 3.73. The molecule has 0 aliphatic carbocycles. The van der Waals surface area contributed by atoms with Crippen molar-refractivity contribution in [3.63, 3.8) is 0 Å². The highest BCUT2D eigenvalue weighted by Crippen LogP contribution is 2.28. The van der Waals surface area contributed by atoms with Crippen molar-refractivity contribution in [3.05, 3.63) is 71.8 Å². The molecule has 1 amide bonds. The Morgan fingerprint density at radius 3 is 2.41 bits per heavy atom. The van der Waals surface area contributed by atoms with Crippen LogP contribution >= 0.6 is 11.8 Å². The second kappa shape index (κ2) is 9.99. The minimum absolute atomic E-state index is 0.0697. The Bertz CT molecular complexity index is 1080. The molecule has 1 aliphatic heterocycles. The number of halogens is 1. The van der Waals surface area contributed by atoms with Gasteiger partial charge in [0.25, 0.3) is 0 Å². The van der Waals surface area contributed by atoms with E-state index in [4.69, 9.17) is 0 Å². The van der Waals surface area contributed by atoms with Crippen molar-refractivity contribution < 1.29 is 9.18 Å². The first-order valence-corrected chi connectivity index (χ1v) is 11.5. The van der Waals surface area contributed by atoms with Crippen LogP contribution in [0.5, 0.6) is 0 Å². The third kappa shape index (κ3) is 5.37. The van der Waals surface area contributed by atoms with Gasteiger partial charge in [0.1, 0.15) is 10.8 Å². The number of rotatable bonds is 6. The fourth-order valence-corrected chi connectivity index (χ4v) is 4.53. The van der Waals surface area contributed by atoms with Crippen molar-refractivity contribution >= 4 is 34.9 Å². The highest BCUT2D eigenvalue weighted by Gasteiger charge is 2.22. The number of carbonyl (C=O) groups is 1. The molecule has 166 valence electrons. The number of aromatic nitrogens is 2. The van der Waals surface area contributed by atoms with Gasteiger partial charge in [0.2, 0.25) is 5.91 Å². The molecule has 1 saturated heterocycles. The quantitative estimate of drug-likeness (QED) is 0.564. The first-order valence-electron chi connectivity index (χ1n) is 10.6. The Labute approximate surface area is 191 Å². The van der Waals surface area contributed by atoms with E-state index in [0.29, 0.717) is 0 Å². The van der Waals surface area contributed by atoms with E-state index < -0.39 is 0 Å². The molecule has 1 N–H and O–H groups in total. The van der Waals surface area contributed by atoms with Crippen molar-refractivity contribution in [2.24, 2.45) is 0 Å². The second-order valence-corrected chi connectivity index (χ2v) is 8.75. The molecule has 32 heavy (non-hydrogen) atoms. The minimum atomic E-state index is -0.227. The number of thioether (sulfide) groups is 1. The molecule has 0 bridgehead atoms. The molecule has 2 aromatic carbocycles. The number of benzene rings is 2. The van der Waals surface area contributed by atoms with Crippen LogP contribution in [0, 0.1) is 19.7 Å². The van der Waals surface area contributed by atoms with Gasteiger partial charge in [-0.1, -0.05) is 29.5 Å². The van der Waals surface area contributed by atoms with Crippen molar-refractivity contribution in [1.82, 2.24) is 9.97 Å². The SMILES string of the molecule is Cc1ccc(NC(=O)CSc2nccnc2N2CCN(c3ccc(F)cc3)CC2)c(C)c1. The first kappa shape index (κ1) is 22.1. The summed E-state index contributed by atoms with van der Waals surface area (Å²) in [6.45, 7) is 7.18. The zero-order valence-corrected chi connectivity index (χ0v) is 19.0. The van der Waals surface area contributed by atoms with Gasteiger partial charge in [-0.3, -0.25) is 4.79 Å². The maximum absolute atomic E-state index is 13.2. The highest BCUT2D eigenvalue weighted by atomic mass is 32.2. The van der Waals surface area contributed by atoms with Gasteiger partial charge in [0, 0.05) is 49.9 Å². The molecule has 1 aromatic heterocycles. The fourth-order valence-electron chi connectivity index (χ4n) is 3.74. The topological polar surface area (TPSA) is 61.4 Å². The standard InChI is InChI=1S/C24H26FN5OS/c1-17-3-8-21(18(2)15-17)28-22(31)16-32-24-23(26-9-10-27-24)30-13-11-29(12-14-30)20-6-4-19(25)5-7-20/h3-10,15H,11-14,16H2,1-2H3,(H,28,31). The van der Waals surface area contributed by atoms with Crippen molar-refractivity contribution in [2.75, 3.05) is 47.0 Å². The third-order valence-corrected chi connectivity index (χ3v) is 6.38. The van der Waals surface area contributed by atoms with E-state index in [2.05, 4.69) is 31.2 Å². The van der Waals surface area contributed by atoms with Gasteiger partial charge in [0.05, 0.1) is 5.75 Å². The Hall–Kier alpha value is -3.13. The van der Waals surface area contributed by atoms with Gasteiger partial charge in [-0.2, -0.15) is 0 Å². The normalized spacial score (nSPS) is 13.8. The van der Waals surface area contributed by atoms with Crippen LogP contribution in [0.3, 0.4) is 0 Å². The molecule has 1 fully saturated rings. The molecule has 2 heterocycles. The van der Waals surface area contributed by atoms with E-state index in [1.807, 2.05) is 38.1 Å². The maximum Gasteiger partial charge on any atom is 0.234 e. The molecular formula is C24H26FN5OS. The lowest BCUT2D eigenvalue weighted by Gasteiger charge is -2.37. The van der Waals surface area contributed by atoms with E-state index in [-0.39, 0.29) is 17.5 Å². The lowest BCUT2D eigenvalue weighted by molar-refractivity contribution is -0.113. The number of carbonyl (C=O) groups excluding carboxylic acids is 1. The summed E-state index contributed by atoms with van der Waals surface area (Å²) in [6.07, 6.45) is 3.34. The molecule has 0 unspecified atom stereocenters. The Morgan fingerprint density at radius 2 is 1.69 bits per heavy atom. The summed E-state index contributed by atoms with van der Waals surface area (Å²) in [7, 11) is 0. The largest absolute Gasteiger partial charge is 0.368 e. The van der Waals surface area contributed by atoms with Gasteiger partial charge in [-0.05, 0) is 49.7 Å². The van der Waals surface area contributed by atoms with Gasteiger partial charge in [-0.25, -0.2) is 14.4 Å². The number of aryl methyl sites for hydroxylation is 2. The monoisotopic (exact) mass is 451 g/mol. The van der Waals surface area contributed by atoms with Crippen LogP contribution in [0.2, 0.25) is 0 Å². The number of piperazine rings is 1. The predicted octanol–water partition coefficient (Wildman–Crippen LogP) is 4.29. The average Bonchev–Trinajstić information content (AvgIpc) is 2.80. The van der Waals surface area contributed by atoms with Crippen molar-refractivity contribution in [3.8, 4) is 0 Å². The minimum Gasteiger partial charge on any atom is -0.368 e. The maximum atomic E-state index is 13.2. The Morgan fingerprint density at radius 1 is 1.00 bits per heavy atom. The van der Waals surface area contributed by atoms with Crippen LogP contribution in [0.4, 0.5) is 21.6 Å². The van der Waals surface area contributed by atoms with Crippen molar-refractivity contribution in [1.29, 1.82) is 0 Å². The van der Waals surface area contributed by atoms with Crippen LogP contribution < -0.4 is 15.1 Å². The van der Waals surface area contributed by atoms with Gasteiger partial charge in [0.15, 0.2) is 5.82 Å². The molecule has 8 heteroatoms. The fraction of sp³-hybridized carbons (Fsp3) is 0.292. The van der Waals surface area contributed by atoms with E-state index in [1.54, 1.807) is 12.4 Å². The summed E-state index contributed by atoms with van der Waals surface area (Å²) in [5.74, 6) is 0.764. The van der Waals surface area contributed by atoms with Crippen LogP contribution in [0.1, 0.15) is 11.1 Å². The molecule has 3 aromatic rings. The molecule has 0 saturated carbocycles. The third-order valence-electron chi connectivity index (χ3n) is 5.41. The zero-order valence-electron chi connectivity index (χ0n) is 18.2. The second-order valence-electron chi connectivity index (χ2n) is 7.79. The van der Waals surface area contributed by atoms with Gasteiger partial charge < -0.3 is 15.1 Å². The molecule has 6 nitrogen and oxygen atoms in total. The molecule has 4 rings (SSSR count). The molecule has 0 spiro atoms. The number of hydrogen-bond acceptors (Lipinski definition) is 6. The van der Waals surface area contributed by atoms with Crippen LogP contribution in [0.15, 0.2) is 59.9 Å². The summed E-state index contributed by atoms with van der Waals surface area (Å²) >= 11 is 1.39. The van der Waals surface area contributed by atoms with E-state index in [9.17, 15) is 9.18 Å². The molecule has 1 aliphatic rings. The summed E-state index contributed by atoms with van der Waals surface area (Å²) in [5.41, 5.74) is 4.06. The van der Waals surface area contributed by atoms with Crippen LogP contribution in [-0.2, 0) is 4.79 Å². The highest BCUT2D eigenvalue weighted by molar-refractivity contribution is 8.00. The number of hydrogen-bond donors (Lipinski definition) is 1. The van der Waals surface area contributed by atoms with Gasteiger partial charge >= 0.3 is 0 Å². The van der Waals surface area contributed by atoms with Crippen LogP contribution in [0.25, 0.3) is 0 Å². The molecular weight excluding hydrogens is 425 g/mol. The molecule has 0 radical (unpaired) electrons. The first-order chi connectivity index (χ1) is 15.5. The van der Waals surface area contributed by atoms with Gasteiger partial charge in [-0.15, -0.1) is 0 Å². The Kier molecular flexibility index (Phi) is 6.90. The summed E-state index contributed by atoms with van der Waals surface area (Å²) < 4.78 is 13.2. The number of nitrogens with one attached hydrogen (secondary N) is 1. The van der Waals surface area contributed by atoms with E-state index >= 15 is 0 Å². The summed E-state index contributed by atoms with van der Waals surface area (Å²) in [6, 6.07) is 12.6. The smallest absolute Gasteiger partial charge is 0.234 e. The summed E-state index contributed by atoms with van der Waals surface area (Å²) in [4.78, 5) is 25.9. The van der Waals surface area contributed by atoms with E-state index in [0.717, 1.165) is 54.0 Å². The number of amides is 1. The average molecular weight is 452 g/mol. The Balaban J connectivity index is 1.36. The zero-order chi connectivity index (χ0) is 22.5. The lowest BCUT2D eigenvalue weighted by Crippen LogP contribution is -2.47. The van der Waals surface area contributed by atoms with Crippen LogP contribution in [-0.4, -0.2) is 47.8 Å². The van der Waals surface area contributed by atoms with Crippen molar-refractivity contribution in [2.45, 2.75) is 18.9 Å². The molecule has 0 atom stereocenters. The predicted molar refractivity (Wildman–Crippen MR) is 128 cm³/mol.